The molecule has 0 aromatic carbocycles. The lowest BCUT2D eigenvalue weighted by Crippen LogP contribution is -2.28. The summed E-state index contributed by atoms with van der Waals surface area (Å²) in [6.07, 6.45) is 14.6. The Hall–Kier alpha value is -1.35. The first-order valence-corrected chi connectivity index (χ1v) is 11.0. The Kier molecular flexibility index (Phi) is 8.12. The van der Waals surface area contributed by atoms with E-state index in [0.29, 0.717) is 28.7 Å². The van der Waals surface area contributed by atoms with E-state index < -0.39 is 5.97 Å². The van der Waals surface area contributed by atoms with Gasteiger partial charge in [-0.05, 0) is 101 Å². The highest BCUT2D eigenvalue weighted by Crippen LogP contribution is 2.54. The molecule has 0 heterocycles. The molecular formula is C25H40O3. The van der Waals surface area contributed by atoms with Crippen molar-refractivity contribution in [1.82, 2.24) is 0 Å². The van der Waals surface area contributed by atoms with Crippen LogP contribution < -0.4 is 0 Å². The van der Waals surface area contributed by atoms with Crippen LogP contribution in [0.5, 0.6) is 0 Å². The van der Waals surface area contributed by atoms with Gasteiger partial charge < -0.3 is 10.2 Å². The molecule has 3 nitrogen and oxygen atoms in total. The van der Waals surface area contributed by atoms with E-state index in [0.717, 1.165) is 44.1 Å². The second kappa shape index (κ2) is 9.91. The number of fused-ring (bicyclic) bond motifs is 1. The average Bonchev–Trinajstić information content (AvgIpc) is 2.97. The highest BCUT2D eigenvalue weighted by molar-refractivity contribution is 5.85. The molecule has 0 radical (unpaired) electrons. The van der Waals surface area contributed by atoms with E-state index in [1.807, 2.05) is 6.08 Å². The van der Waals surface area contributed by atoms with Gasteiger partial charge in [-0.2, -0.15) is 0 Å². The first-order valence-electron chi connectivity index (χ1n) is 11.0. The summed E-state index contributed by atoms with van der Waals surface area (Å²) in [5, 5.41) is 19.5. The molecule has 2 aliphatic carbocycles. The zero-order chi connectivity index (χ0) is 20.9. The fraction of sp³-hybridized carbons (Fsp3) is 0.720. The van der Waals surface area contributed by atoms with Crippen molar-refractivity contribution in [1.29, 1.82) is 0 Å². The van der Waals surface area contributed by atoms with Crippen molar-refractivity contribution in [2.45, 2.75) is 92.1 Å². The Labute approximate surface area is 171 Å². The predicted molar refractivity (Wildman–Crippen MR) is 116 cm³/mol. The van der Waals surface area contributed by atoms with Gasteiger partial charge in [-0.25, -0.2) is 4.79 Å². The quantitative estimate of drug-likeness (QED) is 0.429. The zero-order valence-electron chi connectivity index (χ0n) is 18.5. The van der Waals surface area contributed by atoms with Crippen molar-refractivity contribution < 1.29 is 15.0 Å². The van der Waals surface area contributed by atoms with E-state index in [9.17, 15) is 9.90 Å². The Balaban J connectivity index is 2.16. The highest BCUT2D eigenvalue weighted by atomic mass is 16.4. The van der Waals surface area contributed by atoms with Gasteiger partial charge in [0.25, 0.3) is 0 Å². The predicted octanol–water partition coefficient (Wildman–Crippen LogP) is 6.29. The van der Waals surface area contributed by atoms with Gasteiger partial charge in [0.2, 0.25) is 0 Å². The minimum atomic E-state index is -0.814. The summed E-state index contributed by atoms with van der Waals surface area (Å²) in [7, 11) is 0. The summed E-state index contributed by atoms with van der Waals surface area (Å²) in [6, 6.07) is 0. The number of allylic oxidation sites excluding steroid dienone is 4. The number of carboxylic acids is 1. The van der Waals surface area contributed by atoms with Crippen molar-refractivity contribution in [3.05, 3.63) is 34.9 Å². The topological polar surface area (TPSA) is 57.5 Å². The smallest absolute Gasteiger partial charge is 0.330 e. The summed E-state index contributed by atoms with van der Waals surface area (Å²) in [5.74, 6) is 1.06. The Morgan fingerprint density at radius 2 is 2.04 bits per heavy atom. The van der Waals surface area contributed by atoms with Crippen LogP contribution in [0.25, 0.3) is 0 Å². The lowest BCUT2D eigenvalue weighted by molar-refractivity contribution is -0.132. The highest BCUT2D eigenvalue weighted by Gasteiger charge is 2.45. The molecule has 1 saturated carbocycles. The molecule has 0 amide bonds. The zero-order valence-corrected chi connectivity index (χ0v) is 18.5. The van der Waals surface area contributed by atoms with Crippen molar-refractivity contribution >= 4 is 5.97 Å². The third-order valence-electron chi connectivity index (χ3n) is 7.55. The van der Waals surface area contributed by atoms with E-state index in [1.165, 1.54) is 18.4 Å². The molecule has 0 spiro atoms. The number of aliphatic hydroxyl groups is 1. The van der Waals surface area contributed by atoms with Crippen LogP contribution in [0.1, 0.15) is 86.0 Å². The average molecular weight is 389 g/mol. The third-order valence-corrected chi connectivity index (χ3v) is 7.55. The Morgan fingerprint density at radius 3 is 2.71 bits per heavy atom. The van der Waals surface area contributed by atoms with Crippen LogP contribution in [0, 0.1) is 23.2 Å². The van der Waals surface area contributed by atoms with Gasteiger partial charge in [0.05, 0.1) is 6.10 Å². The summed E-state index contributed by atoms with van der Waals surface area (Å²) in [6.45, 7) is 10.8. The van der Waals surface area contributed by atoms with Crippen LogP contribution in [0.3, 0.4) is 0 Å². The largest absolute Gasteiger partial charge is 0.478 e. The Bertz CT molecular complexity index is 642. The lowest BCUT2D eigenvalue weighted by atomic mass is 9.69. The monoisotopic (exact) mass is 388 g/mol. The van der Waals surface area contributed by atoms with E-state index in [2.05, 4.69) is 39.8 Å². The Morgan fingerprint density at radius 1 is 1.32 bits per heavy atom. The maximum Gasteiger partial charge on any atom is 0.330 e. The summed E-state index contributed by atoms with van der Waals surface area (Å²) >= 11 is 0. The molecule has 3 heteroatoms. The molecule has 0 aliphatic heterocycles. The van der Waals surface area contributed by atoms with Crippen molar-refractivity contribution in [2.75, 3.05) is 0 Å². The normalized spacial score (nSPS) is 37.1. The molecule has 28 heavy (non-hydrogen) atoms. The fourth-order valence-electron chi connectivity index (χ4n) is 5.21. The SMILES string of the molecule is C/C1=C/C[C@]2(C)CC[C@H]([C@@H](C)CC/C=C(\C)C(=O)O)[C@H]2C/C=C(/C)[C@@H](O)CC1. The molecule has 0 aromatic rings. The molecule has 2 rings (SSSR count). The molecule has 0 saturated heterocycles. The molecular weight excluding hydrogens is 348 g/mol. The van der Waals surface area contributed by atoms with E-state index in [1.54, 1.807) is 6.92 Å². The van der Waals surface area contributed by atoms with Crippen LogP contribution in [-0.2, 0) is 4.79 Å². The van der Waals surface area contributed by atoms with Gasteiger partial charge in [-0.15, -0.1) is 0 Å². The standard InChI is InChI=1S/C25H40O3/c1-17-9-12-23(26)19(3)10-11-22-21(14-16-25(22,5)15-13-17)18(2)7-6-8-20(4)24(27)28/h8,10,13,18,21-23,26H,6-7,9,11-12,14-16H2,1-5H3,(H,27,28)/b17-13-,19-10-,20-8+/t18-,21+,22+,23-,25+/m0/s1. The number of carbonyl (C=O) groups is 1. The van der Waals surface area contributed by atoms with Gasteiger partial charge in [0.1, 0.15) is 0 Å². The lowest BCUT2D eigenvalue weighted by Gasteiger charge is -2.35. The molecule has 158 valence electrons. The van der Waals surface area contributed by atoms with E-state index in [4.69, 9.17) is 5.11 Å². The first kappa shape index (κ1) is 22.9. The van der Waals surface area contributed by atoms with Gasteiger partial charge in [0, 0.05) is 5.57 Å². The maximum atomic E-state index is 11.0. The van der Waals surface area contributed by atoms with Gasteiger partial charge in [-0.1, -0.05) is 37.6 Å². The van der Waals surface area contributed by atoms with Crippen molar-refractivity contribution in [3.63, 3.8) is 0 Å². The van der Waals surface area contributed by atoms with Gasteiger partial charge >= 0.3 is 5.97 Å². The maximum absolute atomic E-state index is 11.0. The van der Waals surface area contributed by atoms with E-state index in [-0.39, 0.29) is 6.10 Å². The molecule has 5 atom stereocenters. The summed E-state index contributed by atoms with van der Waals surface area (Å²) < 4.78 is 0. The van der Waals surface area contributed by atoms with Gasteiger partial charge in [0.15, 0.2) is 0 Å². The number of hydrogen-bond donors (Lipinski definition) is 2. The van der Waals surface area contributed by atoms with Crippen LogP contribution in [0.15, 0.2) is 34.9 Å². The van der Waals surface area contributed by atoms with Crippen molar-refractivity contribution in [3.8, 4) is 0 Å². The second-order valence-electron chi connectivity index (χ2n) is 9.70. The fourth-order valence-corrected chi connectivity index (χ4v) is 5.21. The molecule has 2 N–H and O–H groups in total. The van der Waals surface area contributed by atoms with Gasteiger partial charge in [-0.3, -0.25) is 0 Å². The van der Waals surface area contributed by atoms with Crippen molar-refractivity contribution in [2.24, 2.45) is 23.2 Å². The van der Waals surface area contributed by atoms with Crippen LogP contribution >= 0.6 is 0 Å². The first-order chi connectivity index (χ1) is 13.1. The van der Waals surface area contributed by atoms with Crippen LogP contribution in [-0.4, -0.2) is 22.3 Å². The molecule has 0 aromatic heterocycles. The number of hydrogen-bond acceptors (Lipinski definition) is 2. The van der Waals surface area contributed by atoms with Crippen LogP contribution in [0.2, 0.25) is 0 Å². The summed E-state index contributed by atoms with van der Waals surface area (Å²) in [5.41, 5.74) is 3.29. The van der Waals surface area contributed by atoms with E-state index >= 15 is 0 Å². The number of aliphatic hydroxyl groups excluding tert-OH is 1. The summed E-state index contributed by atoms with van der Waals surface area (Å²) in [4.78, 5) is 11.0. The second-order valence-corrected chi connectivity index (χ2v) is 9.70. The molecule has 0 bridgehead atoms. The minimum Gasteiger partial charge on any atom is -0.478 e. The minimum absolute atomic E-state index is 0.319. The third kappa shape index (κ3) is 5.83. The molecule has 2 aliphatic rings. The number of aliphatic carboxylic acids is 1. The number of rotatable bonds is 5. The number of carboxylic acid groups (broad SMARTS) is 1. The van der Waals surface area contributed by atoms with Crippen LogP contribution in [0.4, 0.5) is 0 Å². The molecule has 0 unspecified atom stereocenters. The molecule has 1 fully saturated rings.